The van der Waals surface area contributed by atoms with E-state index < -0.39 is 0 Å². The van der Waals surface area contributed by atoms with Crippen molar-refractivity contribution in [2.75, 3.05) is 0 Å². The molecule has 0 atom stereocenters. The Morgan fingerprint density at radius 2 is 1.29 bits per heavy atom. The predicted octanol–water partition coefficient (Wildman–Crippen LogP) is 8.53. The third-order valence-electron chi connectivity index (χ3n) is 7.53. The van der Waals surface area contributed by atoms with Crippen molar-refractivity contribution in [2.45, 2.75) is 52.4 Å². The van der Waals surface area contributed by atoms with Gasteiger partial charge in [0.2, 0.25) is 0 Å². The van der Waals surface area contributed by atoms with E-state index in [2.05, 4.69) is 107 Å². The van der Waals surface area contributed by atoms with Crippen molar-refractivity contribution in [1.82, 2.24) is 14.4 Å². The van der Waals surface area contributed by atoms with Crippen LogP contribution in [0.25, 0.3) is 59.9 Å². The highest BCUT2D eigenvalue weighted by atomic mass is 14.9. The quantitative estimate of drug-likeness (QED) is 0.215. The first-order valence-electron chi connectivity index (χ1n) is 12.5. The molecule has 4 heterocycles. The second kappa shape index (κ2) is 6.48. The second-order valence-electron chi connectivity index (χ2n) is 12.0. The van der Waals surface area contributed by atoms with Crippen LogP contribution in [0.3, 0.4) is 0 Å². The first-order valence-corrected chi connectivity index (χ1v) is 12.5. The fraction of sp³-hybridized carbons (Fsp3) is 0.250. The van der Waals surface area contributed by atoms with Gasteiger partial charge in [0.25, 0.3) is 0 Å². The maximum absolute atomic E-state index is 5.43. The Bertz CT molecular complexity index is 1960. The van der Waals surface area contributed by atoms with Crippen LogP contribution < -0.4 is 0 Å². The molecule has 0 saturated heterocycles. The van der Waals surface area contributed by atoms with Crippen molar-refractivity contribution in [3.63, 3.8) is 0 Å². The van der Waals surface area contributed by atoms with Gasteiger partial charge in [-0.2, -0.15) is 0 Å². The maximum Gasteiger partial charge on any atom is 0.0968 e. The number of pyridine rings is 2. The van der Waals surface area contributed by atoms with Gasteiger partial charge in [-0.15, -0.1) is 0 Å². The first kappa shape index (κ1) is 20.6. The van der Waals surface area contributed by atoms with Crippen molar-refractivity contribution in [2.24, 2.45) is 0 Å². The number of hydrogen-bond acceptors (Lipinski definition) is 2. The summed E-state index contributed by atoms with van der Waals surface area (Å²) in [5, 5.41) is 7.59. The average Bonchev–Trinajstić information content (AvgIpc) is 3.33. The fourth-order valence-corrected chi connectivity index (χ4v) is 6.03. The SMILES string of the molecule is CC(C)(C)c1ccnc2c1nc(C(C)(C)C)c1c2cc2c3ccccc3n3c4ccccc4c1c23. The summed E-state index contributed by atoms with van der Waals surface area (Å²) < 4.78 is 2.45. The Labute approximate surface area is 204 Å². The summed E-state index contributed by atoms with van der Waals surface area (Å²) in [6.45, 7) is 13.6. The lowest BCUT2D eigenvalue weighted by Crippen LogP contribution is -2.17. The van der Waals surface area contributed by atoms with E-state index in [1.54, 1.807) is 0 Å². The van der Waals surface area contributed by atoms with Gasteiger partial charge in [0.05, 0.1) is 33.3 Å². The number of benzene rings is 3. The van der Waals surface area contributed by atoms with E-state index in [-0.39, 0.29) is 10.8 Å². The molecule has 0 spiro atoms. The number of hydrogen-bond donors (Lipinski definition) is 0. The summed E-state index contributed by atoms with van der Waals surface area (Å²) in [6.07, 6.45) is 1.96. The Hall–Kier alpha value is -3.72. The summed E-state index contributed by atoms with van der Waals surface area (Å²) in [6, 6.07) is 22.1. The van der Waals surface area contributed by atoms with Crippen molar-refractivity contribution < 1.29 is 0 Å². The van der Waals surface area contributed by atoms with E-state index in [0.717, 1.165) is 16.7 Å². The smallest absolute Gasteiger partial charge is 0.0968 e. The molecule has 3 aromatic carbocycles. The van der Waals surface area contributed by atoms with E-state index in [0.29, 0.717) is 0 Å². The zero-order valence-corrected chi connectivity index (χ0v) is 21.2. The van der Waals surface area contributed by atoms with Crippen LogP contribution in [-0.2, 0) is 10.8 Å². The molecule has 7 rings (SSSR count). The summed E-state index contributed by atoms with van der Waals surface area (Å²) >= 11 is 0. The van der Waals surface area contributed by atoms with Crippen LogP contribution in [0.1, 0.15) is 52.8 Å². The van der Waals surface area contributed by atoms with Gasteiger partial charge in [0.15, 0.2) is 0 Å². The van der Waals surface area contributed by atoms with Gasteiger partial charge in [-0.25, -0.2) is 4.98 Å². The van der Waals surface area contributed by atoms with Crippen molar-refractivity contribution in [1.29, 1.82) is 0 Å². The van der Waals surface area contributed by atoms with Gasteiger partial charge in [-0.3, -0.25) is 4.98 Å². The molecule has 0 bridgehead atoms. The van der Waals surface area contributed by atoms with Crippen LogP contribution in [0.15, 0.2) is 66.9 Å². The molecule has 0 saturated carbocycles. The molecule has 0 amide bonds. The van der Waals surface area contributed by atoms with Gasteiger partial charge in [-0.1, -0.05) is 77.9 Å². The van der Waals surface area contributed by atoms with E-state index >= 15 is 0 Å². The minimum absolute atomic E-state index is 0.0272. The topological polar surface area (TPSA) is 30.2 Å². The summed E-state index contributed by atoms with van der Waals surface area (Å²) in [5.41, 5.74) is 8.05. The number of aromatic nitrogens is 3. The second-order valence-corrected chi connectivity index (χ2v) is 12.0. The summed E-state index contributed by atoms with van der Waals surface area (Å²) in [5.74, 6) is 0. The zero-order chi connectivity index (χ0) is 24.3. The fourth-order valence-electron chi connectivity index (χ4n) is 6.03. The summed E-state index contributed by atoms with van der Waals surface area (Å²) in [7, 11) is 0. The van der Waals surface area contributed by atoms with Crippen molar-refractivity contribution >= 4 is 59.9 Å². The molecule has 0 fully saturated rings. The van der Waals surface area contributed by atoms with Crippen LogP contribution >= 0.6 is 0 Å². The number of rotatable bonds is 0. The first-order chi connectivity index (χ1) is 16.7. The Morgan fingerprint density at radius 3 is 1.97 bits per heavy atom. The van der Waals surface area contributed by atoms with Crippen LogP contribution in [0, 0.1) is 0 Å². The normalized spacial score (nSPS) is 13.4. The molecule has 0 aliphatic carbocycles. The molecule has 0 radical (unpaired) electrons. The largest absolute Gasteiger partial charge is 0.308 e. The van der Waals surface area contributed by atoms with Gasteiger partial charge in [-0.05, 0) is 35.2 Å². The third kappa shape index (κ3) is 2.61. The molecular formula is C32H29N3. The van der Waals surface area contributed by atoms with E-state index in [1.165, 1.54) is 54.4 Å². The molecule has 4 aromatic heterocycles. The molecule has 7 aromatic rings. The molecule has 3 nitrogen and oxygen atoms in total. The lowest BCUT2D eigenvalue weighted by atomic mass is 9.83. The van der Waals surface area contributed by atoms with Gasteiger partial charge in [0, 0.05) is 43.9 Å². The number of para-hydroxylation sites is 2. The Morgan fingerprint density at radius 1 is 0.629 bits per heavy atom. The number of nitrogens with zero attached hydrogens (tertiary/aromatic N) is 3. The average molecular weight is 456 g/mol. The predicted molar refractivity (Wildman–Crippen MR) is 149 cm³/mol. The minimum atomic E-state index is -0.129. The lowest BCUT2D eigenvalue weighted by Gasteiger charge is -2.25. The Balaban J connectivity index is 1.88. The van der Waals surface area contributed by atoms with Crippen molar-refractivity contribution in [3.8, 4) is 0 Å². The monoisotopic (exact) mass is 455 g/mol. The molecule has 172 valence electrons. The van der Waals surface area contributed by atoms with Gasteiger partial charge < -0.3 is 4.40 Å². The van der Waals surface area contributed by atoms with E-state index in [9.17, 15) is 0 Å². The summed E-state index contributed by atoms with van der Waals surface area (Å²) in [4.78, 5) is 10.4. The molecule has 0 unspecified atom stereocenters. The van der Waals surface area contributed by atoms with Crippen LogP contribution in [-0.4, -0.2) is 14.4 Å². The Kier molecular flexibility index (Phi) is 3.82. The third-order valence-corrected chi connectivity index (χ3v) is 7.53. The van der Waals surface area contributed by atoms with Crippen LogP contribution in [0.5, 0.6) is 0 Å². The highest BCUT2D eigenvalue weighted by molar-refractivity contribution is 6.33. The van der Waals surface area contributed by atoms with Crippen molar-refractivity contribution in [3.05, 3.63) is 78.1 Å². The minimum Gasteiger partial charge on any atom is -0.308 e. The molecule has 35 heavy (non-hydrogen) atoms. The lowest BCUT2D eigenvalue weighted by molar-refractivity contribution is 0.573. The highest BCUT2D eigenvalue weighted by Crippen LogP contribution is 2.47. The zero-order valence-electron chi connectivity index (χ0n) is 21.2. The molecule has 0 aliphatic heterocycles. The molecule has 0 N–H and O–H groups in total. The number of fused-ring (bicyclic) bond motifs is 10. The van der Waals surface area contributed by atoms with Crippen LogP contribution in [0.2, 0.25) is 0 Å². The van der Waals surface area contributed by atoms with Crippen LogP contribution in [0.4, 0.5) is 0 Å². The van der Waals surface area contributed by atoms with Gasteiger partial charge in [0.1, 0.15) is 0 Å². The molecular weight excluding hydrogens is 426 g/mol. The molecule has 0 aliphatic rings. The van der Waals surface area contributed by atoms with E-state index in [1.807, 2.05) is 6.20 Å². The highest BCUT2D eigenvalue weighted by Gasteiger charge is 2.29. The standard InChI is InChI=1S/C32H29N3/c1-31(2,3)22-15-16-33-27-21-17-20-18-11-7-9-13-23(18)35-24-14-10-8-12-19(24)25(29(20)35)26(21)30(32(4,5)6)34-28(22)27/h7-17H,1-6H3. The molecule has 3 heteroatoms. The maximum atomic E-state index is 5.43. The van der Waals surface area contributed by atoms with Gasteiger partial charge >= 0.3 is 0 Å². The van der Waals surface area contributed by atoms with E-state index in [4.69, 9.17) is 9.97 Å².